The number of benzene rings is 1. The van der Waals surface area contributed by atoms with Crippen molar-refractivity contribution in [1.82, 2.24) is 0 Å². The van der Waals surface area contributed by atoms with E-state index in [1.165, 1.54) is 51.4 Å². The van der Waals surface area contributed by atoms with Crippen molar-refractivity contribution in [1.29, 1.82) is 5.26 Å². The highest BCUT2D eigenvalue weighted by Crippen LogP contribution is 2.14. The van der Waals surface area contributed by atoms with Gasteiger partial charge in [0.2, 0.25) is 0 Å². The first-order valence-electron chi connectivity index (χ1n) is 7.61. The normalized spacial score (nSPS) is 10.1. The Balaban J connectivity index is 2.03. The fourth-order valence-corrected chi connectivity index (χ4v) is 2.22. The van der Waals surface area contributed by atoms with E-state index < -0.39 is 0 Å². The van der Waals surface area contributed by atoms with Crippen molar-refractivity contribution < 1.29 is 0 Å². The van der Waals surface area contributed by atoms with Crippen molar-refractivity contribution in [2.24, 2.45) is 0 Å². The predicted octanol–water partition coefficient (Wildman–Crippen LogP) is 5.11. The van der Waals surface area contributed by atoms with Gasteiger partial charge >= 0.3 is 0 Å². The van der Waals surface area contributed by atoms with Gasteiger partial charge in [0, 0.05) is 6.54 Å². The molecule has 0 aliphatic carbocycles. The molecule has 2 heteroatoms. The van der Waals surface area contributed by atoms with E-state index >= 15 is 0 Å². The van der Waals surface area contributed by atoms with Gasteiger partial charge in [0.15, 0.2) is 0 Å². The van der Waals surface area contributed by atoms with E-state index in [1.54, 1.807) is 0 Å². The summed E-state index contributed by atoms with van der Waals surface area (Å²) in [6.07, 6.45) is 10.7. The average molecular weight is 258 g/mol. The molecule has 0 bridgehead atoms. The van der Waals surface area contributed by atoms with Crippen LogP contribution in [0.15, 0.2) is 24.3 Å². The molecule has 0 saturated carbocycles. The molecule has 1 rings (SSSR count). The van der Waals surface area contributed by atoms with E-state index in [1.807, 2.05) is 24.3 Å². The molecule has 104 valence electrons. The molecule has 2 nitrogen and oxygen atoms in total. The van der Waals surface area contributed by atoms with E-state index in [-0.39, 0.29) is 0 Å². The molecule has 0 aliphatic heterocycles. The molecule has 0 atom stereocenters. The molecule has 0 aromatic heterocycles. The third-order valence-electron chi connectivity index (χ3n) is 3.39. The van der Waals surface area contributed by atoms with E-state index in [4.69, 9.17) is 5.26 Å². The Kier molecular flexibility index (Phi) is 8.55. The maximum Gasteiger partial charge on any atom is 0.101 e. The number of hydrogen-bond donors (Lipinski definition) is 1. The summed E-state index contributed by atoms with van der Waals surface area (Å²) in [4.78, 5) is 0. The molecule has 0 saturated heterocycles. The zero-order chi connectivity index (χ0) is 13.8. The van der Waals surface area contributed by atoms with E-state index in [0.29, 0.717) is 0 Å². The van der Waals surface area contributed by atoms with Gasteiger partial charge in [0.1, 0.15) is 6.07 Å². The number of hydrogen-bond acceptors (Lipinski definition) is 2. The van der Waals surface area contributed by atoms with Crippen LogP contribution in [-0.4, -0.2) is 6.54 Å². The summed E-state index contributed by atoms with van der Waals surface area (Å²) in [6, 6.07) is 9.92. The highest BCUT2D eigenvalue weighted by molar-refractivity contribution is 5.56. The minimum atomic E-state index is 0.738. The maximum absolute atomic E-state index is 8.97. The second-order valence-electron chi connectivity index (χ2n) is 5.06. The third kappa shape index (κ3) is 6.86. The van der Waals surface area contributed by atoms with E-state index in [0.717, 1.165) is 17.8 Å². The predicted molar refractivity (Wildman–Crippen MR) is 82.3 cm³/mol. The quantitative estimate of drug-likeness (QED) is 0.592. The van der Waals surface area contributed by atoms with Crippen LogP contribution in [0.4, 0.5) is 5.69 Å². The van der Waals surface area contributed by atoms with Crippen LogP contribution in [-0.2, 0) is 0 Å². The Morgan fingerprint density at radius 1 is 0.947 bits per heavy atom. The number of unbranched alkanes of at least 4 members (excludes halogenated alkanes) is 7. The zero-order valence-corrected chi connectivity index (χ0v) is 12.1. The van der Waals surface area contributed by atoms with Gasteiger partial charge in [-0.2, -0.15) is 5.26 Å². The monoisotopic (exact) mass is 258 g/mol. The lowest BCUT2D eigenvalue weighted by Gasteiger charge is -2.07. The number of anilines is 1. The molecule has 0 fully saturated rings. The third-order valence-corrected chi connectivity index (χ3v) is 3.39. The molecule has 0 unspecified atom stereocenters. The van der Waals surface area contributed by atoms with Crippen molar-refractivity contribution in [3.63, 3.8) is 0 Å². The summed E-state index contributed by atoms with van der Waals surface area (Å²) in [6.45, 7) is 3.22. The molecule has 0 aliphatic rings. The van der Waals surface area contributed by atoms with Gasteiger partial charge in [-0.25, -0.2) is 0 Å². The van der Waals surface area contributed by atoms with Crippen molar-refractivity contribution in [2.45, 2.75) is 58.3 Å². The smallest absolute Gasteiger partial charge is 0.101 e. The second kappa shape index (κ2) is 10.4. The minimum absolute atomic E-state index is 0.738. The second-order valence-corrected chi connectivity index (χ2v) is 5.06. The minimum Gasteiger partial charge on any atom is -0.384 e. The summed E-state index contributed by atoms with van der Waals surface area (Å²) < 4.78 is 0. The van der Waals surface area contributed by atoms with Crippen LogP contribution in [0.3, 0.4) is 0 Å². The van der Waals surface area contributed by atoms with Gasteiger partial charge in [-0.3, -0.25) is 0 Å². The first-order valence-corrected chi connectivity index (χ1v) is 7.61. The summed E-state index contributed by atoms with van der Waals surface area (Å²) in [5, 5.41) is 12.3. The molecule has 0 radical (unpaired) electrons. The SMILES string of the molecule is CCCCCCCCCCNc1ccccc1C#N. The lowest BCUT2D eigenvalue weighted by molar-refractivity contribution is 0.581. The summed E-state index contributed by atoms with van der Waals surface area (Å²) in [5.41, 5.74) is 1.70. The Morgan fingerprint density at radius 3 is 2.26 bits per heavy atom. The highest BCUT2D eigenvalue weighted by atomic mass is 14.9. The molecular formula is C17H26N2. The Labute approximate surface area is 117 Å². The van der Waals surface area contributed by atoms with Crippen LogP contribution >= 0.6 is 0 Å². The Morgan fingerprint density at radius 2 is 1.58 bits per heavy atom. The van der Waals surface area contributed by atoms with Crippen LogP contribution in [0.1, 0.15) is 63.9 Å². The number of nitrogens with zero attached hydrogens (tertiary/aromatic N) is 1. The molecule has 1 aromatic carbocycles. The van der Waals surface area contributed by atoms with Crippen LogP contribution in [0, 0.1) is 11.3 Å². The number of para-hydroxylation sites is 1. The number of nitrogens with one attached hydrogen (secondary N) is 1. The maximum atomic E-state index is 8.97. The molecule has 1 aromatic rings. The number of rotatable bonds is 10. The molecule has 19 heavy (non-hydrogen) atoms. The van der Waals surface area contributed by atoms with Gasteiger partial charge in [-0.15, -0.1) is 0 Å². The van der Waals surface area contributed by atoms with E-state index in [2.05, 4.69) is 18.3 Å². The van der Waals surface area contributed by atoms with Gasteiger partial charge in [0.25, 0.3) is 0 Å². The first-order chi connectivity index (χ1) is 9.38. The summed E-state index contributed by atoms with van der Waals surface area (Å²) in [5.74, 6) is 0. The topological polar surface area (TPSA) is 35.8 Å². The summed E-state index contributed by atoms with van der Waals surface area (Å²) >= 11 is 0. The van der Waals surface area contributed by atoms with Gasteiger partial charge in [0.05, 0.1) is 11.3 Å². The zero-order valence-electron chi connectivity index (χ0n) is 12.1. The first kappa shape index (κ1) is 15.6. The summed E-state index contributed by atoms with van der Waals surface area (Å²) in [7, 11) is 0. The largest absolute Gasteiger partial charge is 0.384 e. The highest BCUT2D eigenvalue weighted by Gasteiger charge is 1.98. The fourth-order valence-electron chi connectivity index (χ4n) is 2.22. The van der Waals surface area contributed by atoms with Crippen LogP contribution in [0.2, 0.25) is 0 Å². The Bertz CT molecular complexity index is 379. The molecule has 0 spiro atoms. The van der Waals surface area contributed by atoms with Crippen LogP contribution < -0.4 is 5.32 Å². The van der Waals surface area contributed by atoms with Crippen molar-refractivity contribution in [2.75, 3.05) is 11.9 Å². The molecule has 0 heterocycles. The van der Waals surface area contributed by atoms with Gasteiger partial charge < -0.3 is 5.32 Å². The molecule has 0 amide bonds. The number of nitriles is 1. The lowest BCUT2D eigenvalue weighted by Crippen LogP contribution is -2.02. The Hall–Kier alpha value is -1.49. The van der Waals surface area contributed by atoms with Crippen LogP contribution in [0.5, 0.6) is 0 Å². The molecule has 1 N–H and O–H groups in total. The van der Waals surface area contributed by atoms with Crippen molar-refractivity contribution in [3.8, 4) is 6.07 Å². The fraction of sp³-hybridized carbons (Fsp3) is 0.588. The van der Waals surface area contributed by atoms with Crippen molar-refractivity contribution in [3.05, 3.63) is 29.8 Å². The van der Waals surface area contributed by atoms with Gasteiger partial charge in [-0.1, -0.05) is 64.0 Å². The lowest BCUT2D eigenvalue weighted by atomic mass is 10.1. The molecular weight excluding hydrogens is 232 g/mol. The average Bonchev–Trinajstić information content (AvgIpc) is 2.46. The van der Waals surface area contributed by atoms with Crippen LogP contribution in [0.25, 0.3) is 0 Å². The van der Waals surface area contributed by atoms with Gasteiger partial charge in [-0.05, 0) is 18.6 Å². The standard InChI is InChI=1S/C17H26N2/c1-2-3-4-5-6-7-8-11-14-19-17-13-10-9-12-16(17)15-18/h9-10,12-13,19H,2-8,11,14H2,1H3. The van der Waals surface area contributed by atoms with Crippen molar-refractivity contribution >= 4 is 5.69 Å². The van der Waals surface area contributed by atoms with E-state index in [9.17, 15) is 0 Å².